The standard InChI is InChI=1S/C23H26N2O4/c1-4-24(11-12-26)22(27)15-25-14-20(17-6-8-18(29-3)9-7-17)23(28)19-10-5-16(2)13-21(19)25/h5-10,13-14,26H,4,11-12,15H2,1-3H3. The fraction of sp³-hybridized carbons (Fsp3) is 0.304. The highest BCUT2D eigenvalue weighted by molar-refractivity contribution is 5.86. The molecule has 0 bridgehead atoms. The lowest BCUT2D eigenvalue weighted by Crippen LogP contribution is -2.36. The number of aliphatic hydroxyl groups is 1. The molecule has 6 nitrogen and oxygen atoms in total. The van der Waals surface area contributed by atoms with Gasteiger partial charge >= 0.3 is 0 Å². The molecule has 0 saturated carbocycles. The molecule has 1 aromatic heterocycles. The molecule has 0 aliphatic rings. The summed E-state index contributed by atoms with van der Waals surface area (Å²) in [6.07, 6.45) is 1.75. The molecule has 29 heavy (non-hydrogen) atoms. The Morgan fingerprint density at radius 1 is 1.17 bits per heavy atom. The van der Waals surface area contributed by atoms with Crippen LogP contribution in [-0.2, 0) is 11.3 Å². The summed E-state index contributed by atoms with van der Waals surface area (Å²) < 4.78 is 7.03. The number of fused-ring (bicyclic) bond motifs is 1. The number of ether oxygens (including phenoxy) is 1. The van der Waals surface area contributed by atoms with Crippen LogP contribution in [0, 0.1) is 6.92 Å². The van der Waals surface area contributed by atoms with Gasteiger partial charge in [-0.15, -0.1) is 0 Å². The first-order valence-corrected chi connectivity index (χ1v) is 9.65. The van der Waals surface area contributed by atoms with Crippen LogP contribution in [0.4, 0.5) is 0 Å². The normalized spacial score (nSPS) is 10.9. The van der Waals surface area contributed by atoms with Crippen LogP contribution in [0.15, 0.2) is 53.5 Å². The summed E-state index contributed by atoms with van der Waals surface area (Å²) in [6, 6.07) is 12.9. The van der Waals surface area contributed by atoms with Gasteiger partial charge in [0.15, 0.2) is 5.43 Å². The van der Waals surface area contributed by atoms with E-state index in [0.717, 1.165) is 16.6 Å². The number of amides is 1. The number of hydrogen-bond donors (Lipinski definition) is 1. The molecule has 0 atom stereocenters. The topological polar surface area (TPSA) is 71.8 Å². The second kappa shape index (κ2) is 8.92. The molecule has 0 radical (unpaired) electrons. The Balaban J connectivity index is 2.14. The average Bonchev–Trinajstić information content (AvgIpc) is 2.73. The third-order valence-electron chi connectivity index (χ3n) is 5.05. The highest BCUT2D eigenvalue weighted by Crippen LogP contribution is 2.23. The third-order valence-corrected chi connectivity index (χ3v) is 5.05. The fourth-order valence-corrected chi connectivity index (χ4v) is 3.43. The van der Waals surface area contributed by atoms with E-state index in [9.17, 15) is 14.7 Å². The monoisotopic (exact) mass is 394 g/mol. The molecule has 0 spiro atoms. The number of aryl methyl sites for hydroxylation is 1. The van der Waals surface area contributed by atoms with Crippen LogP contribution in [0.1, 0.15) is 12.5 Å². The molecule has 1 N–H and O–H groups in total. The molecule has 152 valence electrons. The van der Waals surface area contributed by atoms with Crippen molar-refractivity contribution < 1.29 is 14.6 Å². The predicted molar refractivity (Wildman–Crippen MR) is 114 cm³/mol. The van der Waals surface area contributed by atoms with E-state index >= 15 is 0 Å². The maximum Gasteiger partial charge on any atom is 0.242 e. The zero-order chi connectivity index (χ0) is 21.0. The van der Waals surface area contributed by atoms with Gasteiger partial charge in [0.05, 0.1) is 19.2 Å². The van der Waals surface area contributed by atoms with Gasteiger partial charge in [0.25, 0.3) is 0 Å². The van der Waals surface area contributed by atoms with Crippen molar-refractivity contribution in [3.05, 3.63) is 64.4 Å². The number of methoxy groups -OCH3 is 1. The van der Waals surface area contributed by atoms with E-state index < -0.39 is 0 Å². The van der Waals surface area contributed by atoms with Crippen LogP contribution in [0.2, 0.25) is 0 Å². The Hall–Kier alpha value is -3.12. The van der Waals surface area contributed by atoms with Gasteiger partial charge in [0, 0.05) is 30.2 Å². The summed E-state index contributed by atoms with van der Waals surface area (Å²) in [5.41, 5.74) is 2.96. The first-order chi connectivity index (χ1) is 14.0. The number of likely N-dealkylation sites (N-methyl/N-ethyl adjacent to an activating group) is 1. The minimum Gasteiger partial charge on any atom is -0.497 e. The van der Waals surface area contributed by atoms with E-state index in [-0.39, 0.29) is 31.0 Å². The van der Waals surface area contributed by atoms with Gasteiger partial charge in [-0.25, -0.2) is 0 Å². The van der Waals surface area contributed by atoms with Crippen LogP contribution < -0.4 is 10.2 Å². The summed E-state index contributed by atoms with van der Waals surface area (Å²) in [6.45, 7) is 4.65. The summed E-state index contributed by atoms with van der Waals surface area (Å²) >= 11 is 0. The van der Waals surface area contributed by atoms with Crippen LogP contribution in [0.5, 0.6) is 5.75 Å². The maximum atomic E-state index is 13.2. The molecule has 0 fully saturated rings. The number of nitrogens with zero attached hydrogens (tertiary/aromatic N) is 2. The van der Waals surface area contributed by atoms with Crippen LogP contribution in [0.3, 0.4) is 0 Å². The highest BCUT2D eigenvalue weighted by atomic mass is 16.5. The highest BCUT2D eigenvalue weighted by Gasteiger charge is 2.16. The van der Waals surface area contributed by atoms with Crippen LogP contribution in [-0.4, -0.2) is 47.3 Å². The lowest BCUT2D eigenvalue weighted by Gasteiger charge is -2.21. The van der Waals surface area contributed by atoms with E-state index in [4.69, 9.17) is 4.74 Å². The summed E-state index contributed by atoms with van der Waals surface area (Å²) in [7, 11) is 1.60. The molecule has 0 saturated heterocycles. The van der Waals surface area contributed by atoms with Crippen molar-refractivity contribution in [2.24, 2.45) is 0 Å². The van der Waals surface area contributed by atoms with E-state index in [0.29, 0.717) is 23.2 Å². The van der Waals surface area contributed by atoms with Crippen molar-refractivity contribution in [2.75, 3.05) is 26.8 Å². The van der Waals surface area contributed by atoms with E-state index in [1.54, 1.807) is 18.2 Å². The predicted octanol–water partition coefficient (Wildman–Crippen LogP) is 2.83. The summed E-state index contributed by atoms with van der Waals surface area (Å²) in [4.78, 5) is 27.5. The molecule has 0 unspecified atom stereocenters. The number of hydrogen-bond acceptors (Lipinski definition) is 4. The van der Waals surface area contributed by atoms with Gasteiger partial charge in [0.1, 0.15) is 12.3 Å². The largest absolute Gasteiger partial charge is 0.497 e. The van der Waals surface area contributed by atoms with Crippen molar-refractivity contribution in [1.82, 2.24) is 9.47 Å². The molecule has 1 heterocycles. The van der Waals surface area contributed by atoms with Crippen molar-refractivity contribution >= 4 is 16.8 Å². The van der Waals surface area contributed by atoms with Gasteiger partial charge in [-0.3, -0.25) is 9.59 Å². The zero-order valence-corrected chi connectivity index (χ0v) is 17.0. The van der Waals surface area contributed by atoms with Gasteiger partial charge in [-0.2, -0.15) is 0 Å². The molecule has 1 amide bonds. The average molecular weight is 394 g/mol. The van der Waals surface area contributed by atoms with Crippen LogP contribution in [0.25, 0.3) is 22.0 Å². The second-order valence-electron chi connectivity index (χ2n) is 6.95. The molecular formula is C23H26N2O4. The fourth-order valence-electron chi connectivity index (χ4n) is 3.43. The Morgan fingerprint density at radius 3 is 2.52 bits per heavy atom. The van der Waals surface area contributed by atoms with Crippen molar-refractivity contribution in [3.63, 3.8) is 0 Å². The second-order valence-corrected chi connectivity index (χ2v) is 6.95. The lowest BCUT2D eigenvalue weighted by molar-refractivity contribution is -0.132. The minimum absolute atomic E-state index is 0.0726. The maximum absolute atomic E-state index is 13.2. The quantitative estimate of drug-likeness (QED) is 0.669. The van der Waals surface area contributed by atoms with Crippen LogP contribution >= 0.6 is 0 Å². The van der Waals surface area contributed by atoms with E-state index in [1.807, 2.05) is 60.9 Å². The number of rotatable bonds is 7. The van der Waals surface area contributed by atoms with Crippen molar-refractivity contribution in [1.29, 1.82) is 0 Å². The number of carbonyl (C=O) groups excluding carboxylic acids is 1. The molecule has 0 aliphatic heterocycles. The Bertz CT molecular complexity index is 1070. The SMILES string of the molecule is CCN(CCO)C(=O)Cn1cc(-c2ccc(OC)cc2)c(=O)c2ccc(C)cc21. The Kier molecular flexibility index (Phi) is 6.34. The molecule has 3 rings (SSSR count). The zero-order valence-electron chi connectivity index (χ0n) is 17.0. The molecular weight excluding hydrogens is 368 g/mol. The molecule has 3 aromatic rings. The summed E-state index contributed by atoms with van der Waals surface area (Å²) in [5, 5.41) is 9.78. The van der Waals surface area contributed by atoms with Gasteiger partial charge in [-0.05, 0) is 49.2 Å². The number of aromatic nitrogens is 1. The number of aliphatic hydroxyl groups excluding tert-OH is 1. The van der Waals surface area contributed by atoms with E-state index in [2.05, 4.69) is 0 Å². The molecule has 6 heteroatoms. The number of carbonyl (C=O) groups is 1. The van der Waals surface area contributed by atoms with Gasteiger partial charge in [-0.1, -0.05) is 18.2 Å². The van der Waals surface area contributed by atoms with Crippen molar-refractivity contribution in [2.45, 2.75) is 20.4 Å². The van der Waals surface area contributed by atoms with E-state index in [1.165, 1.54) is 0 Å². The Labute approximate surface area is 170 Å². The number of pyridine rings is 1. The van der Waals surface area contributed by atoms with Gasteiger partial charge in [0.2, 0.25) is 5.91 Å². The van der Waals surface area contributed by atoms with Gasteiger partial charge < -0.3 is 19.3 Å². The number of benzene rings is 2. The smallest absolute Gasteiger partial charge is 0.242 e. The lowest BCUT2D eigenvalue weighted by atomic mass is 10.0. The summed E-state index contributed by atoms with van der Waals surface area (Å²) in [5.74, 6) is 0.608. The first kappa shape index (κ1) is 20.6. The van der Waals surface area contributed by atoms with Crippen molar-refractivity contribution in [3.8, 4) is 16.9 Å². The minimum atomic E-state index is -0.103. The third kappa shape index (κ3) is 4.32. The Morgan fingerprint density at radius 2 is 1.90 bits per heavy atom. The molecule has 2 aromatic carbocycles. The molecule has 0 aliphatic carbocycles. The first-order valence-electron chi connectivity index (χ1n) is 9.65.